The van der Waals surface area contributed by atoms with Gasteiger partial charge in [-0.1, -0.05) is 12.8 Å². The molecule has 0 bridgehead atoms. The monoisotopic (exact) mass is 290 g/mol. The number of carbonyl (C=O) groups is 1. The van der Waals surface area contributed by atoms with Crippen molar-refractivity contribution in [2.45, 2.75) is 50.7 Å². The highest BCUT2D eigenvalue weighted by Gasteiger charge is 2.53. The first-order valence-electron chi connectivity index (χ1n) is 7.37. The fourth-order valence-corrected chi connectivity index (χ4v) is 4.47. The van der Waals surface area contributed by atoms with Crippen LogP contribution in [0.4, 0.5) is 0 Å². The molecule has 4 rings (SSSR count). The number of H-pyrrole nitrogens is 1. The molecule has 1 N–H and O–H groups in total. The molecule has 1 aromatic rings. The maximum Gasteiger partial charge on any atom is 0.251 e. The van der Waals surface area contributed by atoms with Crippen molar-refractivity contribution in [2.24, 2.45) is 5.92 Å². The number of carbonyl (C=O) groups excluding carboxylic acids is 1. The second-order valence-corrected chi connectivity index (χ2v) is 6.42. The van der Waals surface area contributed by atoms with E-state index >= 15 is 0 Å². The molecular formula is C14H18N4OS. The zero-order chi connectivity index (χ0) is 13.7. The highest BCUT2D eigenvalue weighted by Crippen LogP contribution is 2.43. The van der Waals surface area contributed by atoms with Gasteiger partial charge in [0, 0.05) is 12.2 Å². The lowest BCUT2D eigenvalue weighted by atomic mass is 9.84. The normalized spacial score (nSPS) is 32.7. The molecule has 0 radical (unpaired) electrons. The van der Waals surface area contributed by atoms with Gasteiger partial charge in [0.05, 0.1) is 12.2 Å². The number of thiocarbonyl (C=S) groups is 1. The van der Waals surface area contributed by atoms with E-state index in [0.717, 1.165) is 17.2 Å². The van der Waals surface area contributed by atoms with Gasteiger partial charge in [-0.05, 0) is 43.5 Å². The van der Waals surface area contributed by atoms with E-state index in [1.165, 1.54) is 25.7 Å². The van der Waals surface area contributed by atoms with Gasteiger partial charge in [-0.2, -0.15) is 5.10 Å². The summed E-state index contributed by atoms with van der Waals surface area (Å²) in [4.78, 5) is 16.6. The van der Waals surface area contributed by atoms with E-state index in [2.05, 4.69) is 15.1 Å². The van der Waals surface area contributed by atoms with Crippen LogP contribution < -0.4 is 0 Å². The molecule has 20 heavy (non-hydrogen) atoms. The minimum Gasteiger partial charge on any atom is -0.333 e. The van der Waals surface area contributed by atoms with Gasteiger partial charge in [0.1, 0.15) is 6.04 Å². The number of nitrogens with zero attached hydrogens (tertiary/aromatic N) is 3. The number of rotatable bonds is 2. The molecule has 3 atom stereocenters. The van der Waals surface area contributed by atoms with Gasteiger partial charge in [0.15, 0.2) is 5.11 Å². The molecule has 5 nitrogen and oxygen atoms in total. The van der Waals surface area contributed by atoms with E-state index in [1.807, 2.05) is 6.07 Å². The Balaban J connectivity index is 1.58. The third-order valence-corrected chi connectivity index (χ3v) is 5.41. The SMILES string of the molecule is O=C1C2CC3CCCCC3N2C(=S)N1Cc1ccn[nH]1. The van der Waals surface area contributed by atoms with E-state index in [4.69, 9.17) is 12.2 Å². The summed E-state index contributed by atoms with van der Waals surface area (Å²) in [5.74, 6) is 0.851. The molecule has 3 heterocycles. The molecule has 0 spiro atoms. The van der Waals surface area contributed by atoms with Crippen LogP contribution in [-0.4, -0.2) is 43.1 Å². The number of amides is 1. The van der Waals surface area contributed by atoms with Gasteiger partial charge in [0.25, 0.3) is 5.91 Å². The Morgan fingerprint density at radius 2 is 2.25 bits per heavy atom. The molecule has 1 aliphatic carbocycles. The van der Waals surface area contributed by atoms with Gasteiger partial charge < -0.3 is 4.90 Å². The minimum absolute atomic E-state index is 0.00137. The molecule has 1 saturated carbocycles. The third kappa shape index (κ3) is 1.70. The standard InChI is InChI=1S/C14H18N4OS/c19-13-12-7-9-3-1-2-4-11(9)18(12)14(20)17(13)8-10-5-6-15-16-10/h5-6,9,11-12H,1-4,7-8H2,(H,15,16). The molecule has 6 heteroatoms. The lowest BCUT2D eigenvalue weighted by Crippen LogP contribution is -2.41. The van der Waals surface area contributed by atoms with Gasteiger partial charge in [0.2, 0.25) is 0 Å². The Hall–Kier alpha value is -1.43. The van der Waals surface area contributed by atoms with Gasteiger partial charge in [-0.15, -0.1) is 0 Å². The first-order valence-corrected chi connectivity index (χ1v) is 7.78. The van der Waals surface area contributed by atoms with Crippen molar-refractivity contribution in [2.75, 3.05) is 0 Å². The summed E-state index contributed by atoms with van der Waals surface area (Å²) in [7, 11) is 0. The van der Waals surface area contributed by atoms with Crippen molar-refractivity contribution in [3.8, 4) is 0 Å². The van der Waals surface area contributed by atoms with Crippen LogP contribution >= 0.6 is 12.2 Å². The van der Waals surface area contributed by atoms with Crippen LogP contribution in [0.1, 0.15) is 37.8 Å². The summed E-state index contributed by atoms with van der Waals surface area (Å²) in [5.41, 5.74) is 0.932. The van der Waals surface area contributed by atoms with Crippen molar-refractivity contribution >= 4 is 23.2 Å². The number of aromatic nitrogens is 2. The van der Waals surface area contributed by atoms with Crippen LogP contribution in [0.15, 0.2) is 12.3 Å². The minimum atomic E-state index is -0.00137. The molecule has 1 aromatic heterocycles. The Morgan fingerprint density at radius 3 is 3.05 bits per heavy atom. The summed E-state index contributed by atoms with van der Waals surface area (Å²) in [6.07, 6.45) is 7.71. The Bertz CT molecular complexity index is 543. The van der Waals surface area contributed by atoms with Gasteiger partial charge in [-0.3, -0.25) is 14.8 Å². The highest BCUT2D eigenvalue weighted by molar-refractivity contribution is 7.80. The first kappa shape index (κ1) is 12.3. The molecule has 1 amide bonds. The Morgan fingerprint density at radius 1 is 1.40 bits per heavy atom. The number of nitrogens with one attached hydrogen (secondary N) is 1. The van der Waals surface area contributed by atoms with Gasteiger partial charge >= 0.3 is 0 Å². The summed E-state index contributed by atoms with van der Waals surface area (Å²) < 4.78 is 0. The molecule has 3 unspecified atom stereocenters. The second-order valence-electron chi connectivity index (χ2n) is 6.06. The zero-order valence-electron chi connectivity index (χ0n) is 11.3. The molecule has 3 aliphatic rings. The summed E-state index contributed by atoms with van der Waals surface area (Å²) >= 11 is 5.59. The fraction of sp³-hybridized carbons (Fsp3) is 0.643. The average Bonchev–Trinajstić information content (AvgIpc) is 3.14. The Kier molecular flexibility index (Phi) is 2.80. The van der Waals surface area contributed by atoms with Crippen molar-refractivity contribution < 1.29 is 4.79 Å². The van der Waals surface area contributed by atoms with E-state index in [9.17, 15) is 4.79 Å². The van der Waals surface area contributed by atoms with Crippen molar-refractivity contribution in [1.29, 1.82) is 0 Å². The lowest BCUT2D eigenvalue weighted by molar-refractivity contribution is -0.128. The zero-order valence-corrected chi connectivity index (χ0v) is 12.1. The van der Waals surface area contributed by atoms with Crippen molar-refractivity contribution in [1.82, 2.24) is 20.0 Å². The molecule has 2 saturated heterocycles. The predicted molar refractivity (Wildman–Crippen MR) is 77.7 cm³/mol. The van der Waals surface area contributed by atoms with E-state index in [1.54, 1.807) is 11.1 Å². The number of hydrogen-bond donors (Lipinski definition) is 1. The van der Waals surface area contributed by atoms with Crippen LogP contribution in [-0.2, 0) is 11.3 Å². The van der Waals surface area contributed by atoms with Crippen molar-refractivity contribution in [3.05, 3.63) is 18.0 Å². The topological polar surface area (TPSA) is 52.2 Å². The second kappa shape index (κ2) is 4.55. The maximum atomic E-state index is 12.6. The van der Waals surface area contributed by atoms with Crippen LogP contribution in [0.5, 0.6) is 0 Å². The largest absolute Gasteiger partial charge is 0.333 e. The van der Waals surface area contributed by atoms with Crippen LogP contribution in [0, 0.1) is 5.92 Å². The average molecular weight is 290 g/mol. The van der Waals surface area contributed by atoms with E-state index in [-0.39, 0.29) is 11.9 Å². The first-order chi connectivity index (χ1) is 9.75. The molecular weight excluding hydrogens is 272 g/mol. The summed E-state index contributed by atoms with van der Waals surface area (Å²) in [5, 5.41) is 7.56. The smallest absolute Gasteiger partial charge is 0.251 e. The van der Waals surface area contributed by atoms with E-state index in [0.29, 0.717) is 18.5 Å². The molecule has 3 fully saturated rings. The Labute approximate surface area is 123 Å². The van der Waals surface area contributed by atoms with Crippen LogP contribution in [0.3, 0.4) is 0 Å². The quantitative estimate of drug-likeness (QED) is 0.842. The molecule has 2 aliphatic heterocycles. The van der Waals surface area contributed by atoms with E-state index < -0.39 is 0 Å². The fourth-order valence-electron chi connectivity index (χ4n) is 4.06. The number of fused-ring (bicyclic) bond motifs is 3. The van der Waals surface area contributed by atoms with Crippen molar-refractivity contribution in [3.63, 3.8) is 0 Å². The summed E-state index contributed by atoms with van der Waals surface area (Å²) in [6.45, 7) is 0.516. The summed E-state index contributed by atoms with van der Waals surface area (Å²) in [6, 6.07) is 2.39. The van der Waals surface area contributed by atoms with Crippen LogP contribution in [0.2, 0.25) is 0 Å². The molecule has 0 aromatic carbocycles. The third-order valence-electron chi connectivity index (χ3n) is 4.98. The number of aromatic amines is 1. The molecule has 106 valence electrons. The predicted octanol–water partition coefficient (Wildman–Crippen LogP) is 1.67. The van der Waals surface area contributed by atoms with Crippen LogP contribution in [0.25, 0.3) is 0 Å². The lowest BCUT2D eigenvalue weighted by Gasteiger charge is -2.32. The maximum absolute atomic E-state index is 12.6. The van der Waals surface area contributed by atoms with Gasteiger partial charge in [-0.25, -0.2) is 0 Å². The number of hydrogen-bond acceptors (Lipinski definition) is 3. The highest BCUT2D eigenvalue weighted by atomic mass is 32.1.